The van der Waals surface area contributed by atoms with Crippen molar-refractivity contribution in [3.05, 3.63) is 0 Å². The maximum atomic E-state index is 12.0. The molecule has 20 heavy (non-hydrogen) atoms. The third-order valence-electron chi connectivity index (χ3n) is 3.63. The second-order valence-corrected chi connectivity index (χ2v) is 5.76. The van der Waals surface area contributed by atoms with Gasteiger partial charge in [-0.15, -0.1) is 0 Å². The highest BCUT2D eigenvalue weighted by atomic mass is 16.5. The predicted molar refractivity (Wildman–Crippen MR) is 81.9 cm³/mol. The Bertz CT molecular complexity index is 284. The van der Waals surface area contributed by atoms with Crippen LogP contribution in [0.15, 0.2) is 0 Å². The zero-order valence-electron chi connectivity index (χ0n) is 14.2. The van der Waals surface area contributed by atoms with Crippen LogP contribution >= 0.6 is 0 Å². The largest absolute Gasteiger partial charge is 0.465 e. The molecular formula is C15H32N2O3. The number of rotatable bonds is 10. The van der Waals surface area contributed by atoms with Crippen LogP contribution in [0.2, 0.25) is 0 Å². The maximum absolute atomic E-state index is 12.0. The van der Waals surface area contributed by atoms with E-state index in [2.05, 4.69) is 24.2 Å². The van der Waals surface area contributed by atoms with Gasteiger partial charge in [-0.1, -0.05) is 0 Å². The van der Waals surface area contributed by atoms with E-state index in [1.54, 1.807) is 7.05 Å². The molecule has 1 N–H and O–H groups in total. The van der Waals surface area contributed by atoms with Crippen LogP contribution in [-0.4, -0.2) is 62.4 Å². The molecular weight excluding hydrogens is 256 g/mol. The first-order chi connectivity index (χ1) is 9.26. The van der Waals surface area contributed by atoms with Crippen LogP contribution in [0.5, 0.6) is 0 Å². The fourth-order valence-electron chi connectivity index (χ4n) is 1.98. The van der Waals surface area contributed by atoms with Gasteiger partial charge in [-0.2, -0.15) is 0 Å². The van der Waals surface area contributed by atoms with Gasteiger partial charge in [-0.3, -0.25) is 4.79 Å². The van der Waals surface area contributed by atoms with Crippen molar-refractivity contribution < 1.29 is 14.3 Å². The number of carbonyl (C=O) groups is 1. The molecule has 120 valence electrons. The minimum absolute atomic E-state index is 0.193. The van der Waals surface area contributed by atoms with Gasteiger partial charge in [-0.25, -0.2) is 0 Å². The molecule has 0 heterocycles. The van der Waals surface area contributed by atoms with Crippen molar-refractivity contribution in [3.63, 3.8) is 0 Å². The number of hydrogen-bond acceptors (Lipinski definition) is 5. The molecule has 0 aromatic rings. The Morgan fingerprint density at radius 3 is 2.40 bits per heavy atom. The van der Waals surface area contributed by atoms with Crippen LogP contribution < -0.4 is 5.32 Å². The number of hydrogen-bond donors (Lipinski definition) is 1. The van der Waals surface area contributed by atoms with E-state index in [0.29, 0.717) is 19.6 Å². The lowest BCUT2D eigenvalue weighted by Crippen LogP contribution is -2.52. The van der Waals surface area contributed by atoms with E-state index in [1.807, 2.05) is 27.7 Å². The second kappa shape index (κ2) is 9.32. The van der Waals surface area contributed by atoms with Crippen molar-refractivity contribution in [2.24, 2.45) is 0 Å². The summed E-state index contributed by atoms with van der Waals surface area (Å²) in [6.45, 7) is 11.8. The van der Waals surface area contributed by atoms with Crippen molar-refractivity contribution in [3.8, 4) is 0 Å². The Labute approximate surface area is 124 Å². The van der Waals surface area contributed by atoms with Gasteiger partial charge in [0.2, 0.25) is 0 Å². The average Bonchev–Trinajstić information content (AvgIpc) is 2.38. The van der Waals surface area contributed by atoms with Crippen LogP contribution in [0.4, 0.5) is 0 Å². The number of ether oxygens (including phenoxy) is 2. The molecule has 0 saturated carbocycles. The third-order valence-corrected chi connectivity index (χ3v) is 3.63. The summed E-state index contributed by atoms with van der Waals surface area (Å²) < 4.78 is 10.7. The lowest BCUT2D eigenvalue weighted by molar-refractivity contribution is -0.151. The molecule has 0 saturated heterocycles. The van der Waals surface area contributed by atoms with Crippen molar-refractivity contribution in [1.29, 1.82) is 0 Å². The first-order valence-corrected chi connectivity index (χ1v) is 7.44. The molecule has 0 radical (unpaired) electrons. The van der Waals surface area contributed by atoms with Crippen molar-refractivity contribution in [1.82, 2.24) is 10.2 Å². The molecule has 0 aliphatic rings. The zero-order chi connectivity index (χ0) is 15.8. The van der Waals surface area contributed by atoms with Gasteiger partial charge in [0.1, 0.15) is 5.54 Å². The molecule has 0 rings (SSSR count). The first kappa shape index (κ1) is 19.4. The summed E-state index contributed by atoms with van der Waals surface area (Å²) >= 11 is 0. The molecule has 5 heteroatoms. The van der Waals surface area contributed by atoms with E-state index < -0.39 is 5.54 Å². The topological polar surface area (TPSA) is 50.8 Å². The quantitative estimate of drug-likeness (QED) is 0.620. The van der Waals surface area contributed by atoms with Crippen LogP contribution in [0.3, 0.4) is 0 Å². The average molecular weight is 288 g/mol. The van der Waals surface area contributed by atoms with E-state index in [-0.39, 0.29) is 18.1 Å². The molecule has 5 nitrogen and oxygen atoms in total. The lowest BCUT2D eigenvalue weighted by atomic mass is 9.93. The minimum Gasteiger partial charge on any atom is -0.465 e. The SMILES string of the molecule is CCOC(=O)C(C)(CC(C)N(C)CCOC(C)C)NC. The summed E-state index contributed by atoms with van der Waals surface area (Å²) in [5.74, 6) is -0.193. The lowest BCUT2D eigenvalue weighted by Gasteiger charge is -2.33. The standard InChI is InChI=1S/C15H32N2O3/c1-8-19-14(18)15(5,16-6)11-13(4)17(7)9-10-20-12(2)3/h12-13,16H,8-11H2,1-7H3. The van der Waals surface area contributed by atoms with Crippen LogP contribution in [-0.2, 0) is 14.3 Å². The fraction of sp³-hybridized carbons (Fsp3) is 0.933. The molecule has 0 spiro atoms. The summed E-state index contributed by atoms with van der Waals surface area (Å²) in [6.07, 6.45) is 0.946. The van der Waals surface area contributed by atoms with Gasteiger partial charge in [0.15, 0.2) is 0 Å². The molecule has 2 atom stereocenters. The smallest absolute Gasteiger partial charge is 0.326 e. The normalized spacial score (nSPS) is 16.2. The maximum Gasteiger partial charge on any atom is 0.326 e. The highest BCUT2D eigenvalue weighted by molar-refractivity contribution is 5.80. The Hall–Kier alpha value is -0.650. The molecule has 0 aromatic heterocycles. The summed E-state index contributed by atoms with van der Waals surface area (Å²) in [4.78, 5) is 14.2. The number of likely N-dealkylation sites (N-methyl/N-ethyl adjacent to an activating group) is 2. The summed E-state index contributed by atoms with van der Waals surface area (Å²) in [7, 11) is 3.85. The number of nitrogens with zero attached hydrogens (tertiary/aromatic N) is 1. The van der Waals surface area contributed by atoms with Crippen molar-refractivity contribution in [2.45, 2.75) is 58.7 Å². The van der Waals surface area contributed by atoms with E-state index in [4.69, 9.17) is 9.47 Å². The fourth-order valence-corrected chi connectivity index (χ4v) is 1.98. The molecule has 0 aromatic carbocycles. The van der Waals surface area contributed by atoms with Crippen molar-refractivity contribution in [2.75, 3.05) is 33.9 Å². The molecule has 0 fully saturated rings. The number of esters is 1. The summed E-state index contributed by atoms with van der Waals surface area (Å²) in [5.41, 5.74) is -0.650. The highest BCUT2D eigenvalue weighted by Crippen LogP contribution is 2.17. The van der Waals surface area contributed by atoms with Crippen molar-refractivity contribution >= 4 is 5.97 Å². The minimum atomic E-state index is -0.650. The molecule has 0 bridgehead atoms. The van der Waals surface area contributed by atoms with Gasteiger partial charge in [0.05, 0.1) is 19.3 Å². The number of carbonyl (C=O) groups excluding carboxylic acids is 1. The first-order valence-electron chi connectivity index (χ1n) is 7.44. The molecule has 0 aliphatic heterocycles. The van der Waals surface area contributed by atoms with E-state index >= 15 is 0 Å². The molecule has 0 aliphatic carbocycles. The van der Waals surface area contributed by atoms with E-state index in [9.17, 15) is 4.79 Å². The van der Waals surface area contributed by atoms with Crippen LogP contribution in [0.25, 0.3) is 0 Å². The van der Waals surface area contributed by atoms with Gasteiger partial charge in [0.25, 0.3) is 0 Å². The van der Waals surface area contributed by atoms with E-state index in [0.717, 1.165) is 6.54 Å². The summed E-state index contributed by atoms with van der Waals surface area (Å²) in [6, 6.07) is 0.257. The van der Waals surface area contributed by atoms with Gasteiger partial charge in [-0.05, 0) is 55.1 Å². The molecule has 0 amide bonds. The Kier molecular flexibility index (Phi) is 9.01. The molecule has 2 unspecified atom stereocenters. The van der Waals surface area contributed by atoms with Gasteiger partial charge < -0.3 is 19.7 Å². The Morgan fingerprint density at radius 1 is 1.35 bits per heavy atom. The van der Waals surface area contributed by atoms with Crippen LogP contribution in [0, 0.1) is 0 Å². The van der Waals surface area contributed by atoms with E-state index in [1.165, 1.54) is 0 Å². The second-order valence-electron chi connectivity index (χ2n) is 5.76. The summed E-state index contributed by atoms with van der Waals surface area (Å²) in [5, 5.41) is 3.09. The number of nitrogens with one attached hydrogen (secondary N) is 1. The highest BCUT2D eigenvalue weighted by Gasteiger charge is 2.35. The predicted octanol–water partition coefficient (Wildman–Crippen LogP) is 1.66. The Morgan fingerprint density at radius 2 is 1.95 bits per heavy atom. The Balaban J connectivity index is 4.38. The third kappa shape index (κ3) is 6.68. The zero-order valence-corrected chi connectivity index (χ0v) is 14.2. The monoisotopic (exact) mass is 288 g/mol. The van der Waals surface area contributed by atoms with Crippen LogP contribution in [0.1, 0.15) is 41.0 Å². The van der Waals surface area contributed by atoms with Gasteiger partial charge >= 0.3 is 5.97 Å². The van der Waals surface area contributed by atoms with Gasteiger partial charge in [0, 0.05) is 12.6 Å².